The monoisotopic (exact) mass is 859 g/mol. The first-order valence-electron chi connectivity index (χ1n) is 23.0. The summed E-state index contributed by atoms with van der Waals surface area (Å²) in [6.45, 7) is 4.68. The van der Waals surface area contributed by atoms with Crippen LogP contribution in [-0.4, -0.2) is 0 Å². The molecule has 0 unspecified atom stereocenters. The van der Waals surface area contributed by atoms with Gasteiger partial charge in [-0.2, -0.15) is 0 Å². The summed E-state index contributed by atoms with van der Waals surface area (Å²) in [5.41, 5.74) is 20.0. The van der Waals surface area contributed by atoms with Crippen molar-refractivity contribution in [2.75, 3.05) is 4.90 Å². The highest BCUT2D eigenvalue weighted by atomic mass is 16.3. The predicted molar refractivity (Wildman–Crippen MR) is 277 cm³/mol. The molecule has 14 rings (SSSR count). The molecule has 67 heavy (non-hydrogen) atoms. The lowest BCUT2D eigenvalue weighted by atomic mass is 9.82. The number of para-hydroxylation sites is 4. The van der Waals surface area contributed by atoms with E-state index in [-0.39, 0.29) is 5.41 Å². The van der Waals surface area contributed by atoms with Crippen molar-refractivity contribution in [3.05, 3.63) is 223 Å². The van der Waals surface area contributed by atoms with Crippen LogP contribution in [0, 0.1) is 0 Å². The molecule has 4 nitrogen and oxygen atoms in total. The number of nitrogens with zero attached hydrogens (tertiary/aromatic N) is 1. The standard InChI is InChI=1S/C63H41NO3/c1-63(2)53-23-9-6-16-46(53)47-35-34-43(36-54(47)63)64(41-30-26-38(27-31-41)44-19-12-21-49-48-17-7-10-24-55(48)66-60(44)49)42-32-28-39(29-33-42)45-20-13-22-50-52-37-57-59(51-18-8-11-25-56(51)65-57)58(62(52)67-61(45)50)40-14-4-3-5-15-40/h3-37H,1-2H3. The minimum atomic E-state index is -0.145. The highest BCUT2D eigenvalue weighted by Gasteiger charge is 2.36. The molecule has 0 aliphatic heterocycles. The molecular weight excluding hydrogens is 819 g/mol. The van der Waals surface area contributed by atoms with Gasteiger partial charge in [0.2, 0.25) is 0 Å². The van der Waals surface area contributed by atoms with Gasteiger partial charge in [0.1, 0.15) is 33.5 Å². The van der Waals surface area contributed by atoms with Crippen molar-refractivity contribution in [2.24, 2.45) is 0 Å². The molecule has 1 aliphatic carbocycles. The minimum absolute atomic E-state index is 0.145. The highest BCUT2D eigenvalue weighted by Crippen LogP contribution is 2.51. The maximum atomic E-state index is 7.09. The fourth-order valence-electron chi connectivity index (χ4n) is 11.1. The Kier molecular flexibility index (Phi) is 8.00. The first-order chi connectivity index (χ1) is 33.0. The van der Waals surface area contributed by atoms with Crippen molar-refractivity contribution in [1.29, 1.82) is 0 Å². The fourth-order valence-corrected chi connectivity index (χ4v) is 11.1. The Morgan fingerprint density at radius 1 is 0.328 bits per heavy atom. The molecular formula is C63H41NO3. The lowest BCUT2D eigenvalue weighted by molar-refractivity contribution is 0.660. The summed E-state index contributed by atoms with van der Waals surface area (Å²) >= 11 is 0. The average molecular weight is 860 g/mol. The highest BCUT2D eigenvalue weighted by molar-refractivity contribution is 6.24. The maximum Gasteiger partial charge on any atom is 0.144 e. The second kappa shape index (κ2) is 14.2. The van der Waals surface area contributed by atoms with Crippen molar-refractivity contribution in [1.82, 2.24) is 0 Å². The third kappa shape index (κ3) is 5.60. The quantitative estimate of drug-likeness (QED) is 0.167. The third-order valence-corrected chi connectivity index (χ3v) is 14.3. The van der Waals surface area contributed by atoms with Crippen LogP contribution in [0.25, 0.3) is 110 Å². The molecule has 0 fully saturated rings. The molecule has 0 N–H and O–H groups in total. The molecule has 0 saturated heterocycles. The van der Waals surface area contributed by atoms with Crippen LogP contribution in [0.5, 0.6) is 0 Å². The van der Waals surface area contributed by atoms with E-state index >= 15 is 0 Å². The van der Waals surface area contributed by atoms with Gasteiger partial charge in [0.05, 0.1) is 0 Å². The van der Waals surface area contributed by atoms with Crippen LogP contribution in [-0.2, 0) is 5.41 Å². The summed E-state index contributed by atoms with van der Waals surface area (Å²) in [6, 6.07) is 75.8. The number of rotatable bonds is 6. The summed E-state index contributed by atoms with van der Waals surface area (Å²) in [6.07, 6.45) is 0. The van der Waals surface area contributed by atoms with Crippen molar-refractivity contribution in [3.63, 3.8) is 0 Å². The van der Waals surface area contributed by atoms with E-state index in [1.165, 1.54) is 22.3 Å². The molecule has 3 aromatic heterocycles. The lowest BCUT2D eigenvalue weighted by Crippen LogP contribution is -2.16. The van der Waals surface area contributed by atoms with Gasteiger partial charge in [0, 0.05) is 71.5 Å². The van der Waals surface area contributed by atoms with Crippen LogP contribution in [0.15, 0.2) is 226 Å². The first kappa shape index (κ1) is 37.7. The minimum Gasteiger partial charge on any atom is -0.456 e. The van der Waals surface area contributed by atoms with Gasteiger partial charge < -0.3 is 18.2 Å². The molecule has 1 aliphatic rings. The third-order valence-electron chi connectivity index (χ3n) is 14.3. The van der Waals surface area contributed by atoms with Crippen LogP contribution in [0.4, 0.5) is 17.1 Å². The Morgan fingerprint density at radius 3 is 1.58 bits per heavy atom. The second-order valence-corrected chi connectivity index (χ2v) is 18.4. The van der Waals surface area contributed by atoms with Crippen LogP contribution < -0.4 is 4.90 Å². The van der Waals surface area contributed by atoms with Crippen LogP contribution in [0.2, 0.25) is 0 Å². The van der Waals surface area contributed by atoms with E-state index in [2.05, 4.69) is 207 Å². The van der Waals surface area contributed by atoms with Crippen molar-refractivity contribution >= 4 is 82.9 Å². The molecule has 3 heterocycles. The molecule has 316 valence electrons. The van der Waals surface area contributed by atoms with Gasteiger partial charge in [-0.3, -0.25) is 0 Å². The van der Waals surface area contributed by atoms with E-state index in [4.69, 9.17) is 13.3 Å². The molecule has 13 aromatic rings. The SMILES string of the molecule is CC1(C)c2ccccc2-c2ccc(N(c3ccc(-c4cccc5c4oc4ccccc45)cc3)c3ccc(-c4cccc5c4oc4c(-c6ccccc6)c6c(cc45)oc4ccccc46)cc3)cc21. The van der Waals surface area contributed by atoms with Crippen molar-refractivity contribution < 1.29 is 13.3 Å². The number of fused-ring (bicyclic) bond motifs is 12. The largest absolute Gasteiger partial charge is 0.456 e. The molecule has 0 radical (unpaired) electrons. The van der Waals surface area contributed by atoms with E-state index in [0.29, 0.717) is 0 Å². The summed E-state index contributed by atoms with van der Waals surface area (Å²) in [5, 5.41) is 6.49. The second-order valence-electron chi connectivity index (χ2n) is 18.4. The van der Waals surface area contributed by atoms with E-state index in [1.807, 2.05) is 24.3 Å². The number of benzene rings is 10. The Balaban J connectivity index is 0.906. The zero-order valence-corrected chi connectivity index (χ0v) is 36.9. The molecule has 0 atom stereocenters. The number of furan rings is 3. The predicted octanol–water partition coefficient (Wildman–Crippen LogP) is 18.2. The maximum absolute atomic E-state index is 7.09. The number of anilines is 3. The summed E-state index contributed by atoms with van der Waals surface area (Å²) in [4.78, 5) is 2.38. The summed E-state index contributed by atoms with van der Waals surface area (Å²) in [7, 11) is 0. The number of hydrogen-bond acceptors (Lipinski definition) is 4. The van der Waals surface area contributed by atoms with Gasteiger partial charge in [-0.15, -0.1) is 0 Å². The molecule has 10 aromatic carbocycles. The van der Waals surface area contributed by atoms with Gasteiger partial charge in [-0.25, -0.2) is 0 Å². The van der Waals surface area contributed by atoms with Gasteiger partial charge in [0.15, 0.2) is 0 Å². The van der Waals surface area contributed by atoms with Crippen molar-refractivity contribution in [3.8, 4) is 44.5 Å². The zero-order valence-electron chi connectivity index (χ0n) is 36.9. The first-order valence-corrected chi connectivity index (χ1v) is 23.0. The summed E-state index contributed by atoms with van der Waals surface area (Å²) in [5.74, 6) is 0. The molecule has 4 heteroatoms. The summed E-state index contributed by atoms with van der Waals surface area (Å²) < 4.78 is 20.1. The fraction of sp³-hybridized carbons (Fsp3) is 0.0476. The lowest BCUT2D eigenvalue weighted by Gasteiger charge is -2.28. The van der Waals surface area contributed by atoms with E-state index in [0.717, 1.165) is 116 Å². The molecule has 0 saturated carbocycles. The Labute approximate surface area is 386 Å². The smallest absolute Gasteiger partial charge is 0.144 e. The van der Waals surface area contributed by atoms with Gasteiger partial charge in [-0.1, -0.05) is 172 Å². The van der Waals surface area contributed by atoms with E-state index in [9.17, 15) is 0 Å². The zero-order chi connectivity index (χ0) is 44.4. The Bertz CT molecular complexity index is 4110. The van der Waals surface area contributed by atoms with Gasteiger partial charge in [-0.05, 0) is 93.5 Å². The van der Waals surface area contributed by atoms with Crippen LogP contribution >= 0.6 is 0 Å². The molecule has 0 amide bonds. The van der Waals surface area contributed by atoms with E-state index in [1.54, 1.807) is 0 Å². The van der Waals surface area contributed by atoms with Crippen molar-refractivity contribution in [2.45, 2.75) is 19.3 Å². The number of hydrogen-bond donors (Lipinski definition) is 0. The van der Waals surface area contributed by atoms with Gasteiger partial charge in [0.25, 0.3) is 0 Å². The average Bonchev–Trinajstić information content (AvgIpc) is 4.12. The Hall–Kier alpha value is -8.60. The van der Waals surface area contributed by atoms with Gasteiger partial charge >= 0.3 is 0 Å². The van der Waals surface area contributed by atoms with Crippen LogP contribution in [0.3, 0.4) is 0 Å². The van der Waals surface area contributed by atoms with E-state index < -0.39 is 0 Å². The Morgan fingerprint density at radius 2 is 0.866 bits per heavy atom. The molecule has 0 bridgehead atoms. The molecule has 0 spiro atoms. The normalized spacial score (nSPS) is 13.0. The van der Waals surface area contributed by atoms with Crippen LogP contribution in [0.1, 0.15) is 25.0 Å². The topological polar surface area (TPSA) is 42.7 Å².